The Kier molecular flexibility index (Phi) is 5.53. The quantitative estimate of drug-likeness (QED) is 0.415. The molecule has 1 nitrogen and oxygen atoms in total. The first-order valence-corrected chi connectivity index (χ1v) is 7.39. The third kappa shape index (κ3) is 3.60. The molecule has 23 heavy (non-hydrogen) atoms. The molecular weight excluding hydrogens is 308 g/mol. The van der Waals surface area contributed by atoms with Crippen LogP contribution in [0.4, 0.5) is 17.6 Å². The fourth-order valence-electron chi connectivity index (χ4n) is 2.34. The number of hydrogen-bond donors (Lipinski definition) is 0. The van der Waals surface area contributed by atoms with Crippen molar-refractivity contribution in [2.75, 3.05) is 0 Å². The van der Waals surface area contributed by atoms with Crippen LogP contribution in [0.5, 0.6) is 0 Å². The van der Waals surface area contributed by atoms with Crippen molar-refractivity contribution in [1.29, 1.82) is 0 Å². The molecule has 0 heterocycles. The van der Waals surface area contributed by atoms with E-state index in [4.69, 9.17) is 0 Å². The lowest BCUT2D eigenvalue weighted by molar-refractivity contribution is 0.0990. The molecular formula is C18H16F4O. The monoisotopic (exact) mass is 324 g/mol. The van der Waals surface area contributed by atoms with Crippen LogP contribution in [0.15, 0.2) is 30.3 Å². The lowest BCUT2D eigenvalue weighted by Gasteiger charge is -2.11. The summed E-state index contributed by atoms with van der Waals surface area (Å²) in [6.07, 6.45) is 0.226. The van der Waals surface area contributed by atoms with Crippen molar-refractivity contribution in [2.24, 2.45) is 0 Å². The van der Waals surface area contributed by atoms with Gasteiger partial charge in [-0.3, -0.25) is 4.79 Å². The summed E-state index contributed by atoms with van der Waals surface area (Å²) in [6.45, 7) is 1.80. The Balaban J connectivity index is 2.38. The summed E-state index contributed by atoms with van der Waals surface area (Å²) in [5, 5.41) is 0. The summed E-state index contributed by atoms with van der Waals surface area (Å²) in [5.41, 5.74) is -1.24. The summed E-state index contributed by atoms with van der Waals surface area (Å²) in [4.78, 5) is 12.0. The van der Waals surface area contributed by atoms with Crippen molar-refractivity contribution in [3.05, 3.63) is 70.3 Å². The number of Topliss-reactive ketones (excluding diaryl/α,β-unsaturated/α-hetero) is 1. The van der Waals surface area contributed by atoms with E-state index in [-0.39, 0.29) is 12.0 Å². The molecule has 0 aliphatic carbocycles. The summed E-state index contributed by atoms with van der Waals surface area (Å²) >= 11 is 0. The highest BCUT2D eigenvalue weighted by Gasteiger charge is 2.26. The second-order valence-corrected chi connectivity index (χ2v) is 5.28. The Morgan fingerprint density at radius 3 is 1.91 bits per heavy atom. The van der Waals surface area contributed by atoms with E-state index in [0.717, 1.165) is 0 Å². The molecule has 0 radical (unpaired) electrons. The van der Waals surface area contributed by atoms with Crippen LogP contribution in [0, 0.1) is 23.3 Å². The maximum absolute atomic E-state index is 14.1. The Hall–Kier alpha value is -2.17. The van der Waals surface area contributed by atoms with Crippen molar-refractivity contribution in [1.82, 2.24) is 0 Å². The highest BCUT2D eigenvalue weighted by Crippen LogP contribution is 2.26. The van der Waals surface area contributed by atoms with Crippen LogP contribution in [-0.4, -0.2) is 5.78 Å². The van der Waals surface area contributed by atoms with Crippen molar-refractivity contribution in [3.8, 4) is 0 Å². The van der Waals surface area contributed by atoms with E-state index in [1.165, 1.54) is 12.1 Å². The van der Waals surface area contributed by atoms with Crippen LogP contribution in [0.3, 0.4) is 0 Å². The van der Waals surface area contributed by atoms with Crippen LogP contribution in [0.1, 0.15) is 41.3 Å². The van der Waals surface area contributed by atoms with Gasteiger partial charge in [0.15, 0.2) is 29.1 Å². The van der Waals surface area contributed by atoms with Gasteiger partial charge < -0.3 is 0 Å². The van der Waals surface area contributed by atoms with E-state index in [1.807, 2.05) is 0 Å². The third-order valence-corrected chi connectivity index (χ3v) is 3.66. The van der Waals surface area contributed by atoms with Gasteiger partial charge in [-0.25, -0.2) is 17.6 Å². The van der Waals surface area contributed by atoms with E-state index in [2.05, 4.69) is 0 Å². The molecule has 0 aliphatic rings. The highest BCUT2D eigenvalue weighted by molar-refractivity contribution is 5.97. The molecule has 0 atom stereocenters. The molecule has 0 spiro atoms. The van der Waals surface area contributed by atoms with Crippen LogP contribution in [0.2, 0.25) is 0 Å². The minimum Gasteiger partial charge on any atom is -0.294 e. The molecule has 0 saturated carbocycles. The topological polar surface area (TPSA) is 17.1 Å². The molecule has 2 aromatic rings. The zero-order valence-electron chi connectivity index (χ0n) is 12.6. The van der Waals surface area contributed by atoms with Crippen molar-refractivity contribution in [2.45, 2.75) is 32.6 Å². The fourth-order valence-corrected chi connectivity index (χ4v) is 2.34. The largest absolute Gasteiger partial charge is 0.294 e. The van der Waals surface area contributed by atoms with Gasteiger partial charge in [-0.05, 0) is 12.8 Å². The number of carbonyl (C=O) groups is 1. The zero-order chi connectivity index (χ0) is 17.0. The van der Waals surface area contributed by atoms with Gasteiger partial charge in [0.25, 0.3) is 0 Å². The number of ketones is 1. The molecule has 0 fully saturated rings. The van der Waals surface area contributed by atoms with Crippen LogP contribution in [0.25, 0.3) is 0 Å². The smallest absolute Gasteiger partial charge is 0.167 e. The van der Waals surface area contributed by atoms with E-state index in [0.29, 0.717) is 12.8 Å². The Bertz CT molecular complexity index is 682. The zero-order valence-corrected chi connectivity index (χ0v) is 12.6. The summed E-state index contributed by atoms with van der Waals surface area (Å²) in [7, 11) is 0. The molecule has 122 valence electrons. The van der Waals surface area contributed by atoms with Gasteiger partial charge >= 0.3 is 0 Å². The normalized spacial score (nSPS) is 10.8. The van der Waals surface area contributed by atoms with Gasteiger partial charge in [0, 0.05) is 23.1 Å². The van der Waals surface area contributed by atoms with Crippen LogP contribution in [-0.2, 0) is 12.8 Å². The molecule has 2 rings (SSSR count). The second kappa shape index (κ2) is 7.40. The number of carbonyl (C=O) groups excluding carboxylic acids is 1. The minimum absolute atomic E-state index is 0.0884. The van der Waals surface area contributed by atoms with Gasteiger partial charge in [0.2, 0.25) is 0 Å². The minimum atomic E-state index is -1.49. The lowest BCUT2D eigenvalue weighted by atomic mass is 9.98. The molecule has 0 aliphatic heterocycles. The Morgan fingerprint density at radius 2 is 1.39 bits per heavy atom. The molecule has 0 bridgehead atoms. The molecule has 5 heteroatoms. The fraction of sp³-hybridized carbons (Fsp3) is 0.278. The van der Waals surface area contributed by atoms with E-state index < -0.39 is 46.6 Å². The first-order chi connectivity index (χ1) is 11.0. The molecule has 0 N–H and O–H groups in total. The third-order valence-electron chi connectivity index (χ3n) is 3.66. The van der Waals surface area contributed by atoms with Gasteiger partial charge in [-0.15, -0.1) is 0 Å². The molecule has 0 saturated heterocycles. The standard InChI is InChI=1S/C18H16F4O/c1-2-3-9-12-15(19)17(21)13(18(22)16(12)20)10-14(23)11-7-5-4-6-8-11/h4-8H,2-3,9-10H2,1H3. The van der Waals surface area contributed by atoms with Crippen molar-refractivity contribution < 1.29 is 22.4 Å². The van der Waals surface area contributed by atoms with Gasteiger partial charge in [-0.2, -0.15) is 0 Å². The van der Waals surface area contributed by atoms with E-state index in [9.17, 15) is 22.4 Å². The van der Waals surface area contributed by atoms with Crippen LogP contribution >= 0.6 is 0 Å². The molecule has 2 aromatic carbocycles. The van der Waals surface area contributed by atoms with Crippen molar-refractivity contribution in [3.63, 3.8) is 0 Å². The van der Waals surface area contributed by atoms with Crippen LogP contribution < -0.4 is 0 Å². The lowest BCUT2D eigenvalue weighted by Crippen LogP contribution is -2.13. The first-order valence-electron chi connectivity index (χ1n) is 7.39. The summed E-state index contributed by atoms with van der Waals surface area (Å²) < 4.78 is 56.1. The first kappa shape index (κ1) is 17.2. The number of halogens is 4. The molecule has 0 amide bonds. The maximum atomic E-state index is 14.1. The highest BCUT2D eigenvalue weighted by atomic mass is 19.2. The average molecular weight is 324 g/mol. The predicted octanol–water partition coefficient (Wildman–Crippen LogP) is 5.01. The van der Waals surface area contributed by atoms with Crippen molar-refractivity contribution >= 4 is 5.78 Å². The average Bonchev–Trinajstić information content (AvgIpc) is 2.57. The van der Waals surface area contributed by atoms with E-state index >= 15 is 0 Å². The Morgan fingerprint density at radius 1 is 0.870 bits per heavy atom. The predicted molar refractivity (Wildman–Crippen MR) is 79.4 cm³/mol. The second-order valence-electron chi connectivity index (χ2n) is 5.28. The number of rotatable bonds is 6. The van der Waals surface area contributed by atoms with Gasteiger partial charge in [0.1, 0.15) is 0 Å². The number of hydrogen-bond acceptors (Lipinski definition) is 1. The summed E-state index contributed by atoms with van der Waals surface area (Å²) in [5.74, 6) is -6.40. The number of unbranched alkanes of at least 4 members (excludes halogenated alkanes) is 1. The summed E-state index contributed by atoms with van der Waals surface area (Å²) in [6, 6.07) is 7.81. The molecule has 0 unspecified atom stereocenters. The van der Waals surface area contributed by atoms with Gasteiger partial charge in [-0.1, -0.05) is 43.7 Å². The molecule has 0 aromatic heterocycles. The van der Waals surface area contributed by atoms with E-state index in [1.54, 1.807) is 25.1 Å². The Labute approximate surface area is 132 Å². The number of benzene rings is 2. The maximum Gasteiger partial charge on any atom is 0.167 e. The SMILES string of the molecule is CCCCc1c(F)c(F)c(CC(=O)c2ccccc2)c(F)c1F. The van der Waals surface area contributed by atoms with Gasteiger partial charge in [0.05, 0.1) is 0 Å².